The minimum Gasteiger partial charge on any atom is -0.336 e. The monoisotopic (exact) mass is 420 g/mol. The molecule has 2 atom stereocenters. The number of halogens is 3. The third-order valence-electron chi connectivity index (χ3n) is 4.84. The van der Waals surface area contributed by atoms with Gasteiger partial charge in [0, 0.05) is 5.92 Å². The van der Waals surface area contributed by atoms with Crippen LogP contribution in [-0.2, 0) is 22.4 Å². The third-order valence-corrected chi connectivity index (χ3v) is 4.84. The van der Waals surface area contributed by atoms with E-state index < -0.39 is 23.9 Å². The minimum absolute atomic E-state index is 0.0809. The van der Waals surface area contributed by atoms with Gasteiger partial charge in [-0.3, -0.25) is 4.52 Å². The first kappa shape index (κ1) is 18.9. The summed E-state index contributed by atoms with van der Waals surface area (Å²) < 4.78 is 56.5. The van der Waals surface area contributed by atoms with Crippen molar-refractivity contribution < 1.29 is 27.2 Å². The van der Waals surface area contributed by atoms with Gasteiger partial charge in [0.25, 0.3) is 0 Å². The van der Waals surface area contributed by atoms with E-state index in [2.05, 4.69) is 19.6 Å². The van der Waals surface area contributed by atoms with Gasteiger partial charge in [0.2, 0.25) is 5.82 Å². The van der Waals surface area contributed by atoms with Gasteiger partial charge in [-0.2, -0.15) is 13.2 Å². The molecule has 156 valence electrons. The van der Waals surface area contributed by atoms with Gasteiger partial charge in [0.05, 0.1) is 0 Å². The number of benzene rings is 1. The topological polar surface area (TPSA) is 95.6 Å². The molecule has 0 bridgehead atoms. The Morgan fingerprint density at radius 2 is 1.93 bits per heavy atom. The molecule has 2 aliphatic rings. The van der Waals surface area contributed by atoms with Crippen LogP contribution in [0.4, 0.5) is 13.2 Å². The van der Waals surface area contributed by atoms with E-state index in [0.717, 1.165) is 29.0 Å². The molecular weight excluding hydrogens is 405 g/mol. The fourth-order valence-electron chi connectivity index (χ4n) is 3.07. The van der Waals surface area contributed by atoms with Crippen LogP contribution in [0.25, 0.3) is 11.5 Å². The van der Waals surface area contributed by atoms with Gasteiger partial charge in [-0.25, -0.2) is 19.3 Å². The van der Waals surface area contributed by atoms with Gasteiger partial charge >= 0.3 is 11.9 Å². The average Bonchev–Trinajstić information content (AvgIpc) is 3.65. The molecule has 0 radical (unpaired) electrons. The van der Waals surface area contributed by atoms with Crippen molar-refractivity contribution in [1.29, 1.82) is 0 Å². The summed E-state index contributed by atoms with van der Waals surface area (Å²) in [5.74, 6) is -1.08. The molecule has 1 aliphatic carbocycles. The molecule has 3 aromatic rings. The highest BCUT2D eigenvalue weighted by Crippen LogP contribution is 2.41. The lowest BCUT2D eigenvalue weighted by Gasteiger charge is -2.10. The van der Waals surface area contributed by atoms with Gasteiger partial charge in [0.15, 0.2) is 6.29 Å². The van der Waals surface area contributed by atoms with Crippen molar-refractivity contribution in [3.63, 3.8) is 0 Å². The third kappa shape index (κ3) is 3.73. The van der Waals surface area contributed by atoms with E-state index in [1.54, 1.807) is 0 Å². The van der Waals surface area contributed by atoms with Crippen molar-refractivity contribution in [2.45, 2.75) is 44.1 Å². The van der Waals surface area contributed by atoms with Crippen molar-refractivity contribution in [3.8, 4) is 11.5 Å². The summed E-state index contributed by atoms with van der Waals surface area (Å²) in [7, 11) is 0. The quantitative estimate of drug-likeness (QED) is 0.565. The Labute approximate surface area is 167 Å². The van der Waals surface area contributed by atoms with Crippen molar-refractivity contribution in [2.24, 2.45) is 0 Å². The smallest absolute Gasteiger partial charge is 0.336 e. The predicted molar refractivity (Wildman–Crippen MR) is 93.9 cm³/mol. The van der Waals surface area contributed by atoms with Crippen LogP contribution in [0.5, 0.6) is 0 Å². The molecule has 2 fully saturated rings. The SMILES string of the molecule is O=c1onc(-c2cc(C(F)(F)F)nc(C3CC3)n2)n1COC1OC1c1ccccc1. The number of rotatable bonds is 6. The second-order valence-corrected chi connectivity index (χ2v) is 7.10. The molecule has 1 aliphatic heterocycles. The summed E-state index contributed by atoms with van der Waals surface area (Å²) in [5.41, 5.74) is -0.322. The Bertz CT molecular complexity index is 1120. The number of ether oxygens (including phenoxy) is 2. The van der Waals surface area contributed by atoms with Gasteiger partial charge < -0.3 is 9.47 Å². The lowest BCUT2D eigenvalue weighted by atomic mass is 10.2. The molecule has 1 saturated carbocycles. The van der Waals surface area contributed by atoms with Crippen LogP contribution in [0, 0.1) is 0 Å². The van der Waals surface area contributed by atoms with Crippen molar-refractivity contribution >= 4 is 0 Å². The summed E-state index contributed by atoms with van der Waals surface area (Å²) in [6, 6.07) is 10.1. The molecule has 30 heavy (non-hydrogen) atoms. The Hall–Kier alpha value is -3.05. The van der Waals surface area contributed by atoms with E-state index in [9.17, 15) is 18.0 Å². The van der Waals surface area contributed by atoms with Crippen LogP contribution in [0.3, 0.4) is 0 Å². The molecule has 3 heterocycles. The summed E-state index contributed by atoms with van der Waals surface area (Å²) in [5, 5.41) is 3.60. The lowest BCUT2D eigenvalue weighted by molar-refractivity contribution is -0.141. The first-order chi connectivity index (χ1) is 14.4. The maximum atomic E-state index is 13.3. The van der Waals surface area contributed by atoms with Crippen LogP contribution < -0.4 is 5.76 Å². The highest BCUT2D eigenvalue weighted by molar-refractivity contribution is 5.50. The zero-order valence-electron chi connectivity index (χ0n) is 15.4. The number of hydrogen-bond acceptors (Lipinski definition) is 7. The first-order valence-corrected chi connectivity index (χ1v) is 9.25. The zero-order valence-corrected chi connectivity index (χ0v) is 15.4. The van der Waals surface area contributed by atoms with Gasteiger partial charge in [-0.15, -0.1) is 0 Å². The standard InChI is InChI=1S/C19H15F3N4O4/c20-19(21,22)13-8-12(23-15(24-13)11-6-7-11)16-25-30-18(27)26(16)9-28-17-14(29-17)10-4-2-1-3-5-10/h1-5,8,11,14,17H,6-7,9H2. The molecule has 2 unspecified atom stereocenters. The molecule has 0 amide bonds. The average molecular weight is 420 g/mol. The summed E-state index contributed by atoms with van der Waals surface area (Å²) >= 11 is 0. The molecule has 0 spiro atoms. The van der Waals surface area contributed by atoms with Crippen LogP contribution in [0.15, 0.2) is 45.7 Å². The van der Waals surface area contributed by atoms with Gasteiger partial charge in [0.1, 0.15) is 30.0 Å². The van der Waals surface area contributed by atoms with Crippen LogP contribution in [-0.4, -0.2) is 26.0 Å². The fourth-order valence-corrected chi connectivity index (χ4v) is 3.07. The Morgan fingerprint density at radius 1 is 1.17 bits per heavy atom. The van der Waals surface area contributed by atoms with Crippen molar-refractivity contribution in [2.75, 3.05) is 0 Å². The molecule has 2 aromatic heterocycles. The first-order valence-electron chi connectivity index (χ1n) is 9.25. The van der Waals surface area contributed by atoms with E-state index in [4.69, 9.17) is 9.47 Å². The second-order valence-electron chi connectivity index (χ2n) is 7.10. The van der Waals surface area contributed by atoms with Crippen LogP contribution >= 0.6 is 0 Å². The maximum absolute atomic E-state index is 13.3. The van der Waals surface area contributed by atoms with Crippen LogP contribution in [0.1, 0.15) is 41.9 Å². The highest BCUT2D eigenvalue weighted by atomic mass is 19.4. The molecule has 11 heteroatoms. The molecule has 5 rings (SSSR count). The lowest BCUT2D eigenvalue weighted by Crippen LogP contribution is -2.19. The summed E-state index contributed by atoms with van der Waals surface area (Å²) in [6.07, 6.45) is -4.08. The Morgan fingerprint density at radius 3 is 2.63 bits per heavy atom. The van der Waals surface area contributed by atoms with Gasteiger partial charge in [-0.1, -0.05) is 35.5 Å². The summed E-state index contributed by atoms with van der Waals surface area (Å²) in [4.78, 5) is 19.9. The zero-order chi connectivity index (χ0) is 20.9. The highest BCUT2D eigenvalue weighted by Gasteiger charge is 2.42. The van der Waals surface area contributed by atoms with E-state index in [0.29, 0.717) is 0 Å². The van der Waals surface area contributed by atoms with E-state index in [-0.39, 0.29) is 36.1 Å². The summed E-state index contributed by atoms with van der Waals surface area (Å²) in [6.45, 7) is -0.310. The number of hydrogen-bond donors (Lipinski definition) is 0. The van der Waals surface area contributed by atoms with Crippen LogP contribution in [0.2, 0.25) is 0 Å². The molecular formula is C19H15F3N4O4. The fraction of sp³-hybridized carbons (Fsp3) is 0.368. The Kier molecular flexibility index (Phi) is 4.44. The van der Waals surface area contributed by atoms with Crippen molar-refractivity contribution in [1.82, 2.24) is 19.7 Å². The van der Waals surface area contributed by atoms with Gasteiger partial charge in [-0.05, 0) is 24.5 Å². The molecule has 1 aromatic carbocycles. The number of aromatic nitrogens is 4. The number of alkyl halides is 3. The maximum Gasteiger partial charge on any atom is 0.443 e. The molecule has 0 N–H and O–H groups in total. The number of epoxide rings is 1. The second kappa shape index (κ2) is 7.03. The minimum atomic E-state index is -4.66. The molecule has 1 saturated heterocycles. The normalized spacial score (nSPS) is 21.0. The van der Waals surface area contributed by atoms with E-state index >= 15 is 0 Å². The Balaban J connectivity index is 1.39. The van der Waals surface area contributed by atoms with Crippen molar-refractivity contribution in [3.05, 3.63) is 64.0 Å². The number of nitrogens with zero attached hydrogens (tertiary/aromatic N) is 4. The molecule has 8 nitrogen and oxygen atoms in total. The van der Waals surface area contributed by atoms with E-state index in [1.807, 2.05) is 30.3 Å². The predicted octanol–water partition coefficient (Wildman–Crippen LogP) is 3.26. The largest absolute Gasteiger partial charge is 0.443 e. The van der Waals surface area contributed by atoms with E-state index in [1.165, 1.54) is 0 Å².